The van der Waals surface area contributed by atoms with Crippen molar-refractivity contribution in [2.45, 2.75) is 47.3 Å². The van der Waals surface area contributed by atoms with E-state index in [0.717, 1.165) is 23.4 Å². The largest absolute Gasteiger partial charge is 0.348 e. The molecule has 0 spiro atoms. The van der Waals surface area contributed by atoms with E-state index < -0.39 is 4.92 Å². The van der Waals surface area contributed by atoms with Gasteiger partial charge in [-0.1, -0.05) is 12.1 Å². The Morgan fingerprint density at radius 2 is 1.83 bits per heavy atom. The number of amides is 1. The summed E-state index contributed by atoms with van der Waals surface area (Å²) in [6.07, 6.45) is 1.77. The van der Waals surface area contributed by atoms with Gasteiger partial charge in [-0.05, 0) is 45.4 Å². The van der Waals surface area contributed by atoms with Crippen LogP contribution in [0.3, 0.4) is 0 Å². The van der Waals surface area contributed by atoms with Gasteiger partial charge in [-0.3, -0.25) is 24.3 Å². The maximum atomic E-state index is 12.4. The smallest absolute Gasteiger partial charge is 0.312 e. The minimum absolute atomic E-state index is 0.0442. The normalized spacial score (nSPS) is 10.9. The summed E-state index contributed by atoms with van der Waals surface area (Å²) in [4.78, 5) is 23.1. The predicted molar refractivity (Wildman–Crippen MR) is 108 cm³/mol. The van der Waals surface area contributed by atoms with Gasteiger partial charge in [0.05, 0.1) is 17.7 Å². The molecule has 0 fully saturated rings. The van der Waals surface area contributed by atoms with Gasteiger partial charge < -0.3 is 5.32 Å². The van der Waals surface area contributed by atoms with Crippen LogP contribution < -0.4 is 5.32 Å². The quantitative estimate of drug-likeness (QED) is 0.488. The molecule has 0 radical (unpaired) electrons. The Hall–Kier alpha value is -3.49. The van der Waals surface area contributed by atoms with E-state index in [0.29, 0.717) is 30.0 Å². The van der Waals surface area contributed by atoms with Crippen LogP contribution in [0.25, 0.3) is 0 Å². The summed E-state index contributed by atoms with van der Waals surface area (Å²) in [5.74, 6) is -0.165. The predicted octanol–water partition coefficient (Wildman–Crippen LogP) is 2.91. The zero-order valence-corrected chi connectivity index (χ0v) is 17.0. The number of nitrogens with one attached hydrogen (secondary N) is 1. The van der Waals surface area contributed by atoms with Gasteiger partial charge in [0.2, 0.25) is 0 Å². The number of nitrogens with zero attached hydrogens (tertiary/aromatic N) is 5. The minimum atomic E-state index is -0.409. The van der Waals surface area contributed by atoms with Gasteiger partial charge in [-0.2, -0.15) is 10.2 Å². The average molecular weight is 396 g/mol. The molecule has 0 aliphatic rings. The van der Waals surface area contributed by atoms with Crippen LogP contribution in [0.2, 0.25) is 0 Å². The van der Waals surface area contributed by atoms with Gasteiger partial charge in [0.25, 0.3) is 5.91 Å². The van der Waals surface area contributed by atoms with Crippen molar-refractivity contribution in [1.82, 2.24) is 24.9 Å². The summed E-state index contributed by atoms with van der Waals surface area (Å²) in [5.41, 5.74) is 4.44. The molecule has 0 atom stereocenters. The average Bonchev–Trinajstić information content (AvgIpc) is 3.18. The molecule has 0 aliphatic heterocycles. The van der Waals surface area contributed by atoms with Crippen LogP contribution in [-0.2, 0) is 19.6 Å². The molecule has 3 aromatic rings. The van der Waals surface area contributed by atoms with E-state index in [1.807, 2.05) is 30.7 Å². The number of hydrogen-bond donors (Lipinski definition) is 1. The van der Waals surface area contributed by atoms with Crippen molar-refractivity contribution in [2.24, 2.45) is 0 Å². The molecule has 0 bridgehead atoms. The summed E-state index contributed by atoms with van der Waals surface area (Å²) in [7, 11) is 0. The van der Waals surface area contributed by atoms with E-state index in [1.165, 1.54) is 0 Å². The van der Waals surface area contributed by atoms with Gasteiger partial charge in [0.1, 0.15) is 11.4 Å². The topological polar surface area (TPSA) is 108 Å². The lowest BCUT2D eigenvalue weighted by Gasteiger charge is -2.08. The van der Waals surface area contributed by atoms with Crippen LogP contribution in [-0.4, -0.2) is 30.4 Å². The van der Waals surface area contributed by atoms with Gasteiger partial charge in [0.15, 0.2) is 0 Å². The van der Waals surface area contributed by atoms with E-state index in [2.05, 4.69) is 15.5 Å². The molecular weight excluding hydrogens is 372 g/mol. The maximum absolute atomic E-state index is 12.4. The second-order valence-corrected chi connectivity index (χ2v) is 6.88. The van der Waals surface area contributed by atoms with E-state index in [-0.39, 0.29) is 11.6 Å². The third-order valence-corrected chi connectivity index (χ3v) is 5.02. The molecule has 1 N–H and O–H groups in total. The van der Waals surface area contributed by atoms with E-state index in [9.17, 15) is 14.9 Å². The first-order valence-corrected chi connectivity index (χ1v) is 9.38. The Bertz CT molecular complexity index is 1050. The minimum Gasteiger partial charge on any atom is -0.348 e. The van der Waals surface area contributed by atoms with Crippen molar-refractivity contribution in [1.29, 1.82) is 0 Å². The van der Waals surface area contributed by atoms with E-state index in [4.69, 9.17) is 0 Å². The standard InChI is InChI=1S/C20H24N6O3/c1-5-24-14(3)18(11-22-24)10-21-20(27)17-8-6-16(7-9-17)12-25-15(4)19(26(28)29)13(2)23-25/h6-9,11H,5,10,12H2,1-4H3,(H,21,27). The third kappa shape index (κ3) is 4.18. The summed E-state index contributed by atoms with van der Waals surface area (Å²) in [6, 6.07) is 7.15. The molecule has 1 aromatic carbocycles. The number of rotatable bonds is 7. The molecule has 9 nitrogen and oxygen atoms in total. The van der Waals surface area contributed by atoms with Crippen LogP contribution in [0.15, 0.2) is 30.5 Å². The first kappa shape index (κ1) is 20.2. The summed E-state index contributed by atoms with van der Waals surface area (Å²) in [6.45, 7) is 8.92. The van der Waals surface area contributed by atoms with Crippen molar-refractivity contribution in [3.8, 4) is 0 Å². The highest BCUT2D eigenvalue weighted by atomic mass is 16.6. The van der Waals surface area contributed by atoms with E-state index in [1.54, 1.807) is 36.9 Å². The van der Waals surface area contributed by atoms with Crippen molar-refractivity contribution < 1.29 is 9.72 Å². The molecule has 0 saturated carbocycles. The molecule has 3 rings (SSSR count). The molecule has 152 valence electrons. The second-order valence-electron chi connectivity index (χ2n) is 6.88. The zero-order chi connectivity index (χ0) is 21.1. The monoisotopic (exact) mass is 396 g/mol. The van der Waals surface area contributed by atoms with Gasteiger partial charge >= 0.3 is 5.69 Å². The molecule has 9 heteroatoms. The van der Waals surface area contributed by atoms with Crippen LogP contribution >= 0.6 is 0 Å². The van der Waals surface area contributed by atoms with Crippen LogP contribution in [0, 0.1) is 30.9 Å². The van der Waals surface area contributed by atoms with Gasteiger partial charge in [-0.25, -0.2) is 0 Å². The number of benzene rings is 1. The Morgan fingerprint density at radius 1 is 1.14 bits per heavy atom. The molecule has 0 unspecified atom stereocenters. The highest BCUT2D eigenvalue weighted by Crippen LogP contribution is 2.22. The molecule has 2 heterocycles. The first-order chi connectivity index (χ1) is 13.8. The number of carbonyl (C=O) groups is 1. The second kappa shape index (κ2) is 8.26. The molecular formula is C20H24N6O3. The highest BCUT2D eigenvalue weighted by molar-refractivity contribution is 5.94. The lowest BCUT2D eigenvalue weighted by Crippen LogP contribution is -2.23. The third-order valence-electron chi connectivity index (χ3n) is 5.02. The Labute approximate surface area is 168 Å². The van der Waals surface area contributed by atoms with Crippen molar-refractivity contribution in [3.05, 3.63) is 74.3 Å². The fourth-order valence-corrected chi connectivity index (χ4v) is 3.30. The summed E-state index contributed by atoms with van der Waals surface area (Å²) < 4.78 is 3.50. The maximum Gasteiger partial charge on any atom is 0.312 e. The number of aromatic nitrogens is 4. The lowest BCUT2D eigenvalue weighted by atomic mass is 10.1. The Morgan fingerprint density at radius 3 is 2.38 bits per heavy atom. The lowest BCUT2D eigenvalue weighted by molar-refractivity contribution is -0.386. The Kier molecular flexibility index (Phi) is 5.76. The molecule has 0 saturated heterocycles. The summed E-state index contributed by atoms with van der Waals surface area (Å²) in [5, 5.41) is 22.6. The van der Waals surface area contributed by atoms with Gasteiger partial charge in [-0.15, -0.1) is 0 Å². The summed E-state index contributed by atoms with van der Waals surface area (Å²) >= 11 is 0. The van der Waals surface area contributed by atoms with Crippen LogP contribution in [0.5, 0.6) is 0 Å². The molecule has 0 aliphatic carbocycles. The van der Waals surface area contributed by atoms with Gasteiger partial charge in [0, 0.05) is 29.9 Å². The zero-order valence-electron chi connectivity index (χ0n) is 17.0. The number of aryl methyl sites for hydroxylation is 2. The number of carbonyl (C=O) groups excluding carboxylic acids is 1. The molecule has 1 amide bonds. The SMILES string of the molecule is CCn1ncc(CNC(=O)c2ccc(Cn3nc(C)c([N+](=O)[O-])c3C)cc2)c1C. The van der Waals surface area contributed by atoms with Crippen molar-refractivity contribution in [2.75, 3.05) is 0 Å². The number of nitro groups is 1. The Balaban J connectivity index is 1.65. The molecule has 2 aromatic heterocycles. The van der Waals surface area contributed by atoms with E-state index >= 15 is 0 Å². The van der Waals surface area contributed by atoms with Crippen LogP contribution in [0.1, 0.15) is 45.5 Å². The first-order valence-electron chi connectivity index (χ1n) is 9.38. The molecule has 29 heavy (non-hydrogen) atoms. The highest BCUT2D eigenvalue weighted by Gasteiger charge is 2.21. The van der Waals surface area contributed by atoms with Crippen molar-refractivity contribution >= 4 is 11.6 Å². The fraction of sp³-hybridized carbons (Fsp3) is 0.350. The fourth-order valence-electron chi connectivity index (χ4n) is 3.30. The van der Waals surface area contributed by atoms with Crippen molar-refractivity contribution in [3.63, 3.8) is 0 Å². The van der Waals surface area contributed by atoms with Crippen LogP contribution in [0.4, 0.5) is 5.69 Å². The number of hydrogen-bond acceptors (Lipinski definition) is 5.